The zero-order valence-electron chi connectivity index (χ0n) is 17.9. The van der Waals surface area contributed by atoms with Gasteiger partial charge in [0.2, 0.25) is 0 Å². The molecule has 30 heavy (non-hydrogen) atoms. The Morgan fingerprint density at radius 1 is 1.07 bits per heavy atom. The van der Waals surface area contributed by atoms with E-state index in [-0.39, 0.29) is 11.6 Å². The highest BCUT2D eigenvalue weighted by molar-refractivity contribution is 5.83. The predicted octanol–water partition coefficient (Wildman–Crippen LogP) is 3.82. The van der Waals surface area contributed by atoms with Crippen molar-refractivity contribution in [2.24, 2.45) is 0 Å². The summed E-state index contributed by atoms with van der Waals surface area (Å²) < 4.78 is 2.01. The van der Waals surface area contributed by atoms with Crippen molar-refractivity contribution in [3.63, 3.8) is 0 Å². The zero-order valence-corrected chi connectivity index (χ0v) is 17.9. The molecular formula is C23H30N6O. The summed E-state index contributed by atoms with van der Waals surface area (Å²) in [4.78, 5) is 18.9. The fourth-order valence-corrected chi connectivity index (χ4v) is 5.21. The van der Waals surface area contributed by atoms with Crippen LogP contribution in [0.1, 0.15) is 79.5 Å². The molecule has 1 aromatic carbocycles. The van der Waals surface area contributed by atoms with Crippen molar-refractivity contribution in [2.45, 2.75) is 70.9 Å². The second kappa shape index (κ2) is 7.95. The van der Waals surface area contributed by atoms with Crippen molar-refractivity contribution in [2.75, 3.05) is 13.1 Å². The lowest BCUT2D eigenvalue weighted by molar-refractivity contribution is 0.174. The Labute approximate surface area is 176 Å². The molecule has 1 saturated heterocycles. The second-order valence-electron chi connectivity index (χ2n) is 8.94. The standard InChI is InChI=1S/C23H30N6O/c1-15-10-11-17-14-19(23(30)24-20(17)16(15)2)21(28-12-6-3-7-13-28)22-25-26-27-29(22)18-8-4-5-9-18/h10-11,14,18,21H,3-9,12-13H2,1-2H3,(H,24,30)/t21-/m1/s1. The van der Waals surface area contributed by atoms with E-state index in [0.717, 1.165) is 66.6 Å². The third kappa shape index (κ3) is 3.35. The first-order valence-electron chi connectivity index (χ1n) is 11.3. The van der Waals surface area contributed by atoms with Crippen molar-refractivity contribution < 1.29 is 0 Å². The van der Waals surface area contributed by atoms with Crippen LogP contribution in [0.25, 0.3) is 10.9 Å². The van der Waals surface area contributed by atoms with Crippen LogP contribution in [0, 0.1) is 13.8 Å². The quantitative estimate of drug-likeness (QED) is 0.712. The van der Waals surface area contributed by atoms with E-state index in [4.69, 9.17) is 0 Å². The number of benzene rings is 1. The molecule has 1 aliphatic heterocycles. The van der Waals surface area contributed by atoms with Gasteiger partial charge < -0.3 is 4.98 Å². The van der Waals surface area contributed by atoms with Gasteiger partial charge in [-0.3, -0.25) is 9.69 Å². The lowest BCUT2D eigenvalue weighted by atomic mass is 9.98. The van der Waals surface area contributed by atoms with E-state index in [1.165, 1.54) is 24.8 Å². The fraction of sp³-hybridized carbons (Fsp3) is 0.565. The van der Waals surface area contributed by atoms with E-state index in [9.17, 15) is 4.79 Å². The Hall–Kier alpha value is -2.54. The van der Waals surface area contributed by atoms with Crippen LogP contribution in [-0.2, 0) is 0 Å². The molecule has 3 heterocycles. The van der Waals surface area contributed by atoms with Gasteiger partial charge in [-0.15, -0.1) is 5.10 Å². The van der Waals surface area contributed by atoms with Gasteiger partial charge in [0.25, 0.3) is 5.56 Å². The van der Waals surface area contributed by atoms with E-state index < -0.39 is 0 Å². The number of tetrazole rings is 1. The number of pyridine rings is 1. The zero-order chi connectivity index (χ0) is 20.7. The smallest absolute Gasteiger partial charge is 0.253 e. The van der Waals surface area contributed by atoms with Crippen molar-refractivity contribution in [1.82, 2.24) is 30.1 Å². The number of nitrogens with zero attached hydrogens (tertiary/aromatic N) is 5. The summed E-state index contributed by atoms with van der Waals surface area (Å²) >= 11 is 0. The summed E-state index contributed by atoms with van der Waals surface area (Å²) in [7, 11) is 0. The lowest BCUT2D eigenvalue weighted by Crippen LogP contribution is -2.38. The summed E-state index contributed by atoms with van der Waals surface area (Å²) in [6, 6.07) is 6.42. The molecule has 158 valence electrons. The van der Waals surface area contributed by atoms with Crippen molar-refractivity contribution in [3.8, 4) is 0 Å². The number of piperidine rings is 1. The summed E-state index contributed by atoms with van der Waals surface area (Å²) in [6.45, 7) is 6.07. The van der Waals surface area contributed by atoms with Crippen LogP contribution in [0.2, 0.25) is 0 Å². The number of H-pyrrole nitrogens is 1. The summed E-state index contributed by atoms with van der Waals surface area (Å²) in [5.41, 5.74) is 3.95. The number of fused-ring (bicyclic) bond motifs is 1. The van der Waals surface area contributed by atoms with Crippen LogP contribution >= 0.6 is 0 Å². The van der Waals surface area contributed by atoms with E-state index in [1.54, 1.807) is 0 Å². The molecule has 0 unspecified atom stereocenters. The molecule has 5 rings (SSSR count). The van der Waals surface area contributed by atoms with Gasteiger partial charge >= 0.3 is 0 Å². The molecule has 0 spiro atoms. The first-order valence-corrected chi connectivity index (χ1v) is 11.3. The Balaban J connectivity index is 1.66. The topological polar surface area (TPSA) is 79.7 Å². The van der Waals surface area contributed by atoms with Gasteiger partial charge in [0, 0.05) is 5.56 Å². The third-order valence-electron chi connectivity index (χ3n) is 7.06. The van der Waals surface area contributed by atoms with Gasteiger partial charge in [-0.25, -0.2) is 4.68 Å². The normalized spacial score (nSPS) is 19.5. The number of rotatable bonds is 4. The van der Waals surface area contributed by atoms with E-state index in [2.05, 4.69) is 57.5 Å². The maximum Gasteiger partial charge on any atom is 0.253 e. The summed E-state index contributed by atoms with van der Waals surface area (Å²) in [5, 5.41) is 14.0. The Kier molecular flexibility index (Phi) is 5.15. The first-order chi connectivity index (χ1) is 14.6. The molecule has 1 N–H and O–H groups in total. The van der Waals surface area contributed by atoms with Crippen LogP contribution < -0.4 is 5.56 Å². The van der Waals surface area contributed by atoms with Gasteiger partial charge in [0.05, 0.1) is 11.6 Å². The molecule has 2 aliphatic rings. The van der Waals surface area contributed by atoms with Crippen LogP contribution in [0.4, 0.5) is 0 Å². The van der Waals surface area contributed by atoms with Crippen LogP contribution in [0.15, 0.2) is 23.0 Å². The number of nitrogens with one attached hydrogen (secondary N) is 1. The second-order valence-corrected chi connectivity index (χ2v) is 8.94. The summed E-state index contributed by atoms with van der Waals surface area (Å²) in [6.07, 6.45) is 8.18. The molecule has 0 radical (unpaired) electrons. The minimum absolute atomic E-state index is 0.0345. The summed E-state index contributed by atoms with van der Waals surface area (Å²) in [5.74, 6) is 0.817. The number of aryl methyl sites for hydroxylation is 2. The van der Waals surface area contributed by atoms with Crippen molar-refractivity contribution >= 4 is 10.9 Å². The molecule has 3 aromatic rings. The van der Waals surface area contributed by atoms with Crippen LogP contribution in [0.5, 0.6) is 0 Å². The highest BCUT2D eigenvalue weighted by Gasteiger charge is 2.33. The maximum atomic E-state index is 13.3. The average Bonchev–Trinajstić information content (AvgIpc) is 3.45. The van der Waals surface area contributed by atoms with Gasteiger partial charge in [-0.2, -0.15) is 0 Å². The molecule has 2 fully saturated rings. The van der Waals surface area contributed by atoms with Gasteiger partial charge in [-0.05, 0) is 85.6 Å². The number of hydrogen-bond donors (Lipinski definition) is 1. The molecule has 1 atom stereocenters. The monoisotopic (exact) mass is 406 g/mol. The van der Waals surface area contributed by atoms with Gasteiger partial charge in [0.15, 0.2) is 5.82 Å². The highest BCUT2D eigenvalue weighted by Crippen LogP contribution is 2.35. The Morgan fingerprint density at radius 3 is 2.60 bits per heavy atom. The highest BCUT2D eigenvalue weighted by atomic mass is 16.1. The van der Waals surface area contributed by atoms with Gasteiger partial charge in [-0.1, -0.05) is 31.4 Å². The Bertz CT molecular complexity index is 1100. The van der Waals surface area contributed by atoms with E-state index in [0.29, 0.717) is 6.04 Å². The molecule has 2 aromatic heterocycles. The number of aromatic nitrogens is 5. The molecule has 1 aliphatic carbocycles. The minimum atomic E-state index is -0.212. The SMILES string of the molecule is Cc1ccc2cc([C@H](c3nnnn3C3CCCC3)N3CCCCC3)c(=O)[nH]c2c1C. The lowest BCUT2D eigenvalue weighted by Gasteiger charge is -2.34. The maximum absolute atomic E-state index is 13.3. The predicted molar refractivity (Wildman–Crippen MR) is 117 cm³/mol. The number of hydrogen-bond acceptors (Lipinski definition) is 5. The largest absolute Gasteiger partial charge is 0.321 e. The van der Waals surface area contributed by atoms with E-state index >= 15 is 0 Å². The number of likely N-dealkylation sites (tertiary alicyclic amines) is 1. The average molecular weight is 407 g/mol. The Morgan fingerprint density at radius 2 is 1.83 bits per heavy atom. The molecular weight excluding hydrogens is 376 g/mol. The van der Waals surface area contributed by atoms with Crippen LogP contribution in [-0.4, -0.2) is 43.2 Å². The first kappa shape index (κ1) is 19.4. The van der Waals surface area contributed by atoms with Crippen LogP contribution in [0.3, 0.4) is 0 Å². The minimum Gasteiger partial charge on any atom is -0.321 e. The van der Waals surface area contributed by atoms with Crippen molar-refractivity contribution in [1.29, 1.82) is 0 Å². The number of aromatic amines is 1. The molecule has 7 nitrogen and oxygen atoms in total. The molecule has 0 amide bonds. The molecule has 0 bridgehead atoms. The van der Waals surface area contributed by atoms with Gasteiger partial charge in [0.1, 0.15) is 6.04 Å². The fourth-order valence-electron chi connectivity index (χ4n) is 5.21. The van der Waals surface area contributed by atoms with Crippen molar-refractivity contribution in [3.05, 3.63) is 51.1 Å². The van der Waals surface area contributed by atoms with E-state index in [1.807, 2.05) is 4.68 Å². The third-order valence-corrected chi connectivity index (χ3v) is 7.06. The molecule has 1 saturated carbocycles. The molecule has 7 heteroatoms.